The minimum Gasteiger partial charge on any atom is -0.397 e. The third-order valence-electron chi connectivity index (χ3n) is 2.81. The second-order valence-electron chi connectivity index (χ2n) is 5.35. The molecule has 1 unspecified atom stereocenters. The van der Waals surface area contributed by atoms with Gasteiger partial charge < -0.3 is 15.8 Å². The molecule has 0 bridgehead atoms. The number of hydrogen-bond acceptors (Lipinski definition) is 3. The summed E-state index contributed by atoms with van der Waals surface area (Å²) >= 11 is 5.82. The number of nitrogens with one attached hydrogen (secondary N) is 1. The number of halogens is 1. The summed E-state index contributed by atoms with van der Waals surface area (Å²) in [6.07, 6.45) is 1.49. The number of nitrogens with two attached hydrogens (primary N) is 1. The van der Waals surface area contributed by atoms with E-state index >= 15 is 0 Å². The van der Waals surface area contributed by atoms with Gasteiger partial charge in [-0.05, 0) is 37.5 Å². The zero-order chi connectivity index (χ0) is 15.1. The topological polar surface area (TPSA) is 64.3 Å². The first-order chi connectivity index (χ1) is 9.38. The molecule has 0 aromatic heterocycles. The van der Waals surface area contributed by atoms with E-state index in [1.807, 2.05) is 6.92 Å². The number of carbonyl (C=O) groups excluding carboxylic acids is 1. The Hall–Kier alpha value is -1.26. The van der Waals surface area contributed by atoms with Crippen LogP contribution in [0.3, 0.4) is 0 Å². The fraction of sp³-hybridized carbons (Fsp3) is 0.533. The molecule has 0 aliphatic carbocycles. The van der Waals surface area contributed by atoms with Crippen LogP contribution in [-0.4, -0.2) is 18.6 Å². The molecule has 0 radical (unpaired) electrons. The van der Waals surface area contributed by atoms with Crippen LogP contribution in [0, 0.1) is 5.92 Å². The van der Waals surface area contributed by atoms with Crippen LogP contribution in [-0.2, 0) is 9.53 Å². The molecule has 1 aromatic carbocycles. The predicted octanol–water partition coefficient (Wildman–Crippen LogP) is 3.70. The fourth-order valence-corrected chi connectivity index (χ4v) is 2.05. The first-order valence-corrected chi connectivity index (χ1v) is 7.22. The molecule has 3 N–H and O–H groups in total. The van der Waals surface area contributed by atoms with Gasteiger partial charge >= 0.3 is 0 Å². The smallest absolute Gasteiger partial charge is 0.226 e. The van der Waals surface area contributed by atoms with Crippen molar-refractivity contribution in [2.24, 2.45) is 5.92 Å². The van der Waals surface area contributed by atoms with Crippen molar-refractivity contribution >= 4 is 28.9 Å². The van der Waals surface area contributed by atoms with E-state index in [1.165, 1.54) is 0 Å². The van der Waals surface area contributed by atoms with Crippen LogP contribution in [0.2, 0.25) is 5.02 Å². The third kappa shape index (κ3) is 6.26. The Morgan fingerprint density at radius 1 is 1.40 bits per heavy atom. The largest absolute Gasteiger partial charge is 0.397 e. The maximum atomic E-state index is 11.7. The van der Waals surface area contributed by atoms with Gasteiger partial charge in [-0.25, -0.2) is 0 Å². The Balaban J connectivity index is 2.31. The van der Waals surface area contributed by atoms with Crippen molar-refractivity contribution in [3.8, 4) is 0 Å². The summed E-state index contributed by atoms with van der Waals surface area (Å²) in [5.41, 5.74) is 6.77. The number of benzene rings is 1. The molecule has 1 atom stereocenters. The Morgan fingerprint density at radius 2 is 2.10 bits per heavy atom. The van der Waals surface area contributed by atoms with Gasteiger partial charge in [-0.15, -0.1) is 0 Å². The van der Waals surface area contributed by atoms with Crippen molar-refractivity contribution in [2.45, 2.75) is 39.7 Å². The molecule has 4 nitrogen and oxygen atoms in total. The van der Waals surface area contributed by atoms with E-state index in [2.05, 4.69) is 19.2 Å². The van der Waals surface area contributed by atoms with Gasteiger partial charge in [0.05, 0.1) is 29.8 Å². The number of anilines is 2. The molecule has 20 heavy (non-hydrogen) atoms. The molecule has 1 aromatic rings. The van der Waals surface area contributed by atoms with Crippen LogP contribution in [0.25, 0.3) is 0 Å². The van der Waals surface area contributed by atoms with E-state index in [0.29, 0.717) is 35.3 Å². The summed E-state index contributed by atoms with van der Waals surface area (Å²) < 4.78 is 5.60. The second-order valence-corrected chi connectivity index (χ2v) is 5.75. The molecule has 0 spiro atoms. The van der Waals surface area contributed by atoms with Gasteiger partial charge in [0, 0.05) is 5.69 Å². The molecule has 0 fully saturated rings. The Kier molecular flexibility index (Phi) is 6.82. The van der Waals surface area contributed by atoms with Crippen LogP contribution in [0.15, 0.2) is 18.2 Å². The number of ether oxygens (including phenoxy) is 1. The quantitative estimate of drug-likeness (QED) is 0.754. The molecule has 0 aliphatic heterocycles. The molecule has 1 amide bonds. The van der Waals surface area contributed by atoms with Crippen LogP contribution in [0.1, 0.15) is 33.6 Å². The highest BCUT2D eigenvalue weighted by Gasteiger charge is 2.08. The van der Waals surface area contributed by atoms with Crippen LogP contribution in [0.4, 0.5) is 11.4 Å². The van der Waals surface area contributed by atoms with E-state index in [9.17, 15) is 4.79 Å². The average molecular weight is 299 g/mol. The van der Waals surface area contributed by atoms with Crippen molar-refractivity contribution in [3.05, 3.63) is 23.2 Å². The fourth-order valence-electron chi connectivity index (χ4n) is 1.93. The highest BCUT2D eigenvalue weighted by molar-refractivity contribution is 6.33. The minimum atomic E-state index is -0.0940. The highest BCUT2D eigenvalue weighted by atomic mass is 35.5. The van der Waals surface area contributed by atoms with Gasteiger partial charge in [0.2, 0.25) is 5.91 Å². The predicted molar refractivity (Wildman–Crippen MR) is 84.0 cm³/mol. The minimum absolute atomic E-state index is 0.0940. The lowest BCUT2D eigenvalue weighted by Crippen LogP contribution is -2.18. The van der Waals surface area contributed by atoms with Crippen molar-refractivity contribution in [1.82, 2.24) is 0 Å². The van der Waals surface area contributed by atoms with Crippen LogP contribution < -0.4 is 11.1 Å². The van der Waals surface area contributed by atoms with E-state index < -0.39 is 0 Å². The van der Waals surface area contributed by atoms with E-state index in [1.54, 1.807) is 18.2 Å². The maximum Gasteiger partial charge on any atom is 0.226 e. The molecule has 5 heteroatoms. The van der Waals surface area contributed by atoms with E-state index in [-0.39, 0.29) is 12.0 Å². The van der Waals surface area contributed by atoms with Crippen molar-refractivity contribution in [3.63, 3.8) is 0 Å². The number of hydrogen-bond donors (Lipinski definition) is 2. The Labute approximate surface area is 125 Å². The van der Waals surface area contributed by atoms with Crippen molar-refractivity contribution < 1.29 is 9.53 Å². The zero-order valence-electron chi connectivity index (χ0n) is 12.3. The Morgan fingerprint density at radius 3 is 2.70 bits per heavy atom. The second kappa shape index (κ2) is 8.12. The number of rotatable bonds is 7. The Bertz CT molecular complexity index is 449. The summed E-state index contributed by atoms with van der Waals surface area (Å²) in [5.74, 6) is 0.499. The normalized spacial score (nSPS) is 12.4. The van der Waals surface area contributed by atoms with Gasteiger partial charge in [0.1, 0.15) is 0 Å². The molecule has 0 saturated heterocycles. The third-order valence-corrected chi connectivity index (χ3v) is 3.16. The summed E-state index contributed by atoms with van der Waals surface area (Å²) in [7, 11) is 0. The average Bonchev–Trinajstić information content (AvgIpc) is 2.33. The molecular formula is C15H23ClN2O2. The SMILES string of the molecule is CC(C)CC(C)OCCC(=O)Nc1ccc(Cl)c(N)c1. The lowest BCUT2D eigenvalue weighted by atomic mass is 10.1. The lowest BCUT2D eigenvalue weighted by Gasteiger charge is -2.15. The molecule has 0 aliphatic rings. The van der Waals surface area contributed by atoms with Crippen LogP contribution >= 0.6 is 11.6 Å². The van der Waals surface area contributed by atoms with Crippen LogP contribution in [0.5, 0.6) is 0 Å². The molecule has 1 rings (SSSR count). The number of amides is 1. The summed E-state index contributed by atoms with van der Waals surface area (Å²) in [6.45, 7) is 6.75. The van der Waals surface area contributed by atoms with Gasteiger partial charge in [-0.3, -0.25) is 4.79 Å². The van der Waals surface area contributed by atoms with Gasteiger partial charge in [0.25, 0.3) is 0 Å². The maximum absolute atomic E-state index is 11.7. The number of nitrogen functional groups attached to an aromatic ring is 1. The van der Waals surface area contributed by atoms with Gasteiger partial charge in [0.15, 0.2) is 0 Å². The summed E-state index contributed by atoms with van der Waals surface area (Å²) in [6, 6.07) is 5.02. The number of carbonyl (C=O) groups is 1. The van der Waals surface area contributed by atoms with E-state index in [4.69, 9.17) is 22.1 Å². The summed E-state index contributed by atoms with van der Waals surface area (Å²) in [5, 5.41) is 3.25. The molecule has 112 valence electrons. The van der Waals surface area contributed by atoms with Gasteiger partial charge in [-0.2, -0.15) is 0 Å². The first-order valence-electron chi connectivity index (χ1n) is 6.85. The van der Waals surface area contributed by atoms with Crippen molar-refractivity contribution in [2.75, 3.05) is 17.7 Å². The molecule has 0 saturated carbocycles. The lowest BCUT2D eigenvalue weighted by molar-refractivity contribution is -0.117. The summed E-state index contributed by atoms with van der Waals surface area (Å²) in [4.78, 5) is 11.7. The first kappa shape index (κ1) is 16.8. The van der Waals surface area contributed by atoms with E-state index in [0.717, 1.165) is 6.42 Å². The standard InChI is InChI=1S/C15H23ClN2O2/c1-10(2)8-11(3)20-7-6-15(19)18-12-4-5-13(16)14(17)9-12/h4-5,9-11H,6-8,17H2,1-3H3,(H,18,19). The molecular weight excluding hydrogens is 276 g/mol. The monoisotopic (exact) mass is 298 g/mol. The van der Waals surface area contributed by atoms with Crippen molar-refractivity contribution in [1.29, 1.82) is 0 Å². The molecule has 0 heterocycles. The highest BCUT2D eigenvalue weighted by Crippen LogP contribution is 2.22. The zero-order valence-corrected chi connectivity index (χ0v) is 13.0. The van der Waals surface area contributed by atoms with Gasteiger partial charge in [-0.1, -0.05) is 25.4 Å².